The maximum Gasteiger partial charge on any atom is 0.307 e. The second-order valence-electron chi connectivity index (χ2n) is 7.50. The maximum absolute atomic E-state index is 12.5. The van der Waals surface area contributed by atoms with Crippen LogP contribution < -0.4 is 20.1 Å². The van der Waals surface area contributed by atoms with Gasteiger partial charge >= 0.3 is 5.97 Å². The highest BCUT2D eigenvalue weighted by Gasteiger charge is 2.18. The smallest absolute Gasteiger partial charge is 0.307 e. The molecule has 0 saturated carbocycles. The first kappa shape index (κ1) is 21.2. The molecule has 0 spiro atoms. The molecule has 164 valence electrons. The van der Waals surface area contributed by atoms with Crippen molar-refractivity contribution in [1.82, 2.24) is 0 Å². The van der Waals surface area contributed by atoms with Gasteiger partial charge in [0.1, 0.15) is 17.6 Å². The third-order valence-electron chi connectivity index (χ3n) is 5.07. The zero-order valence-corrected chi connectivity index (χ0v) is 17.4. The number of hydrogen-bond acceptors (Lipinski definition) is 5. The molecule has 3 N–H and O–H groups in total. The van der Waals surface area contributed by atoms with Crippen molar-refractivity contribution in [2.75, 3.05) is 23.8 Å². The molecule has 1 heterocycles. The van der Waals surface area contributed by atoms with Crippen molar-refractivity contribution in [2.45, 2.75) is 18.9 Å². The lowest BCUT2D eigenvalue weighted by atomic mass is 10.1. The highest BCUT2D eigenvalue weighted by molar-refractivity contribution is 6.04. The van der Waals surface area contributed by atoms with E-state index < -0.39 is 5.97 Å². The highest BCUT2D eigenvalue weighted by atomic mass is 16.5. The number of hydrogen-bond donors (Lipinski definition) is 3. The number of carboxylic acid groups (broad SMARTS) is 1. The molecule has 32 heavy (non-hydrogen) atoms. The van der Waals surface area contributed by atoms with E-state index in [9.17, 15) is 9.59 Å². The number of amides is 1. The number of carbonyl (C=O) groups is 2. The van der Waals surface area contributed by atoms with Crippen LogP contribution in [-0.4, -0.2) is 36.2 Å². The summed E-state index contributed by atoms with van der Waals surface area (Å²) in [5, 5.41) is 15.1. The van der Waals surface area contributed by atoms with E-state index in [0.29, 0.717) is 29.2 Å². The lowest BCUT2D eigenvalue weighted by Crippen LogP contribution is -2.32. The lowest BCUT2D eigenvalue weighted by molar-refractivity contribution is -0.136. The van der Waals surface area contributed by atoms with Crippen molar-refractivity contribution in [1.29, 1.82) is 0 Å². The molecule has 0 aromatic heterocycles. The Bertz CT molecular complexity index is 1100. The number of rotatable bonds is 8. The summed E-state index contributed by atoms with van der Waals surface area (Å²) in [5.41, 5.74) is 2.67. The first-order valence-electron chi connectivity index (χ1n) is 10.4. The van der Waals surface area contributed by atoms with Gasteiger partial charge in [0, 0.05) is 17.7 Å². The molecule has 3 aromatic rings. The number of anilines is 2. The summed E-state index contributed by atoms with van der Waals surface area (Å²) in [6.45, 7) is 1.23. The van der Waals surface area contributed by atoms with Gasteiger partial charge in [-0.2, -0.15) is 0 Å². The number of para-hydroxylation sites is 2. The number of ether oxygens (including phenoxy) is 2. The minimum Gasteiger partial charge on any atom is -0.493 e. The van der Waals surface area contributed by atoms with Crippen LogP contribution >= 0.6 is 0 Å². The van der Waals surface area contributed by atoms with Crippen LogP contribution in [0, 0.1) is 0 Å². The zero-order valence-electron chi connectivity index (χ0n) is 17.4. The van der Waals surface area contributed by atoms with Crippen LogP contribution in [0.25, 0.3) is 0 Å². The molecular weight excluding hydrogens is 408 g/mol. The molecule has 7 nitrogen and oxygen atoms in total. The van der Waals surface area contributed by atoms with E-state index >= 15 is 0 Å². The first-order chi connectivity index (χ1) is 15.6. The normalized spacial score (nSPS) is 14.4. The first-order valence-corrected chi connectivity index (χ1v) is 10.4. The lowest BCUT2D eigenvalue weighted by Gasteiger charge is -2.27. The summed E-state index contributed by atoms with van der Waals surface area (Å²) < 4.78 is 11.8. The molecule has 0 radical (unpaired) electrons. The van der Waals surface area contributed by atoms with Crippen LogP contribution in [0.5, 0.6) is 11.5 Å². The molecule has 1 aliphatic heterocycles. The second kappa shape index (κ2) is 9.87. The molecule has 7 heteroatoms. The van der Waals surface area contributed by atoms with Gasteiger partial charge in [-0.3, -0.25) is 9.59 Å². The van der Waals surface area contributed by atoms with Crippen LogP contribution in [0.2, 0.25) is 0 Å². The monoisotopic (exact) mass is 432 g/mol. The van der Waals surface area contributed by atoms with Crippen molar-refractivity contribution in [3.63, 3.8) is 0 Å². The Kier molecular flexibility index (Phi) is 6.55. The van der Waals surface area contributed by atoms with E-state index in [1.165, 1.54) is 0 Å². The maximum atomic E-state index is 12.5. The van der Waals surface area contributed by atoms with Gasteiger partial charge in [0.05, 0.1) is 25.3 Å². The molecule has 3 aromatic carbocycles. The highest BCUT2D eigenvalue weighted by Crippen LogP contribution is 2.29. The number of carboxylic acids is 1. The Hall–Kier alpha value is -4.00. The predicted molar refractivity (Wildman–Crippen MR) is 122 cm³/mol. The van der Waals surface area contributed by atoms with E-state index in [4.69, 9.17) is 14.6 Å². The molecule has 0 aliphatic carbocycles. The van der Waals surface area contributed by atoms with Crippen molar-refractivity contribution >= 4 is 23.3 Å². The third kappa shape index (κ3) is 5.57. The SMILES string of the molecule is O=C(O)Cc1cccc(NC(=O)c2ccc(OCC[C@H]3CNc4ccccc4O3)cc2)c1. The largest absolute Gasteiger partial charge is 0.493 e. The van der Waals surface area contributed by atoms with Gasteiger partial charge in [0.25, 0.3) is 5.91 Å². The van der Waals surface area contributed by atoms with E-state index in [-0.39, 0.29) is 18.4 Å². The average Bonchev–Trinajstić information content (AvgIpc) is 2.79. The van der Waals surface area contributed by atoms with Crippen LogP contribution in [0.3, 0.4) is 0 Å². The molecule has 0 saturated heterocycles. The fourth-order valence-corrected chi connectivity index (χ4v) is 3.47. The zero-order chi connectivity index (χ0) is 22.3. The standard InChI is InChI=1S/C25H24N2O5/c28-24(29)15-17-4-3-5-19(14-17)27-25(30)18-8-10-20(11-9-18)31-13-12-21-16-26-22-6-1-2-7-23(22)32-21/h1-11,14,21,26H,12-13,15-16H2,(H,27,30)(H,28,29)/t21-/m0/s1. The van der Waals surface area contributed by atoms with Gasteiger partial charge in [-0.15, -0.1) is 0 Å². The van der Waals surface area contributed by atoms with Crippen molar-refractivity contribution < 1.29 is 24.2 Å². The summed E-state index contributed by atoms with van der Waals surface area (Å²) >= 11 is 0. The van der Waals surface area contributed by atoms with Gasteiger partial charge < -0.3 is 25.2 Å². The summed E-state index contributed by atoms with van der Waals surface area (Å²) in [6, 6.07) is 21.6. The van der Waals surface area contributed by atoms with Gasteiger partial charge in [0.2, 0.25) is 0 Å². The molecular formula is C25H24N2O5. The Morgan fingerprint density at radius 2 is 1.88 bits per heavy atom. The molecule has 4 rings (SSSR count). The number of fused-ring (bicyclic) bond motifs is 1. The quantitative estimate of drug-likeness (QED) is 0.493. The topological polar surface area (TPSA) is 96.9 Å². The molecule has 0 unspecified atom stereocenters. The van der Waals surface area contributed by atoms with E-state index in [2.05, 4.69) is 10.6 Å². The minimum atomic E-state index is -0.916. The fraction of sp³-hybridized carbons (Fsp3) is 0.200. The Balaban J connectivity index is 1.26. The molecule has 0 fully saturated rings. The summed E-state index contributed by atoms with van der Waals surface area (Å²) in [6.07, 6.45) is 0.673. The van der Waals surface area contributed by atoms with Gasteiger partial charge in [-0.25, -0.2) is 0 Å². The van der Waals surface area contributed by atoms with Crippen LogP contribution in [0.1, 0.15) is 22.3 Å². The minimum absolute atomic E-state index is 0.0341. The molecule has 1 aliphatic rings. The summed E-state index contributed by atoms with van der Waals surface area (Å²) in [5.74, 6) is 0.339. The van der Waals surface area contributed by atoms with Crippen molar-refractivity contribution in [3.8, 4) is 11.5 Å². The van der Waals surface area contributed by atoms with Crippen LogP contribution in [-0.2, 0) is 11.2 Å². The average molecular weight is 432 g/mol. The second-order valence-corrected chi connectivity index (χ2v) is 7.50. The molecule has 1 atom stereocenters. The van der Waals surface area contributed by atoms with E-state index in [1.54, 1.807) is 48.5 Å². The van der Waals surface area contributed by atoms with Gasteiger partial charge in [-0.1, -0.05) is 24.3 Å². The van der Waals surface area contributed by atoms with Crippen molar-refractivity contribution in [2.24, 2.45) is 0 Å². The van der Waals surface area contributed by atoms with E-state index in [0.717, 1.165) is 24.4 Å². The number of aliphatic carboxylic acids is 1. The fourth-order valence-electron chi connectivity index (χ4n) is 3.47. The Morgan fingerprint density at radius 1 is 1.06 bits per heavy atom. The third-order valence-corrected chi connectivity index (χ3v) is 5.07. The number of carbonyl (C=O) groups excluding carboxylic acids is 1. The van der Waals surface area contributed by atoms with Gasteiger partial charge in [0.15, 0.2) is 0 Å². The van der Waals surface area contributed by atoms with Crippen LogP contribution in [0.4, 0.5) is 11.4 Å². The van der Waals surface area contributed by atoms with Gasteiger partial charge in [-0.05, 0) is 54.1 Å². The Labute approximate surface area is 186 Å². The number of benzene rings is 3. The summed E-state index contributed by atoms with van der Waals surface area (Å²) in [4.78, 5) is 23.3. The number of nitrogens with one attached hydrogen (secondary N) is 2. The molecule has 0 bridgehead atoms. The molecule has 1 amide bonds. The van der Waals surface area contributed by atoms with E-state index in [1.807, 2.05) is 24.3 Å². The van der Waals surface area contributed by atoms with Crippen molar-refractivity contribution in [3.05, 3.63) is 83.9 Å². The summed E-state index contributed by atoms with van der Waals surface area (Å²) in [7, 11) is 0. The van der Waals surface area contributed by atoms with Crippen LogP contribution in [0.15, 0.2) is 72.8 Å². The Morgan fingerprint density at radius 3 is 2.69 bits per heavy atom. The predicted octanol–water partition coefficient (Wildman–Crippen LogP) is 4.21.